The summed E-state index contributed by atoms with van der Waals surface area (Å²) >= 11 is 0. The van der Waals surface area contributed by atoms with Crippen LogP contribution in [0.3, 0.4) is 0 Å². The molecule has 6 aromatic heterocycles. The van der Waals surface area contributed by atoms with Crippen molar-refractivity contribution in [2.24, 2.45) is 0 Å². The number of hydrogen-bond acceptors (Lipinski definition) is 6. The number of benzene rings is 4. The molecule has 6 heteroatoms. The van der Waals surface area contributed by atoms with Gasteiger partial charge < -0.3 is 0 Å². The number of pyridine rings is 6. The first kappa shape index (κ1) is 40.5. The molecule has 0 atom stereocenters. The third-order valence-electron chi connectivity index (χ3n) is 10.7. The van der Waals surface area contributed by atoms with Gasteiger partial charge in [0.1, 0.15) is 0 Å². The van der Waals surface area contributed by atoms with Crippen molar-refractivity contribution in [1.82, 2.24) is 29.9 Å². The molecule has 0 aliphatic rings. The molecule has 10 aromatic rings. The number of aromatic nitrogens is 6. The SMILES string of the molecule is C(#Cc1ccnc(-c2ccccn2)c1)c1ccc(-c2cc(-c3ccc(C#Cc4ccnc(-c5ccccn5)c4)cc3)cc(-c3ccc(C#Cc4ccnc(-c5ccccn5)c4)cc3)c2)cc1. The molecule has 0 saturated carbocycles. The van der Waals surface area contributed by atoms with E-state index in [2.05, 4.69) is 156 Å². The van der Waals surface area contributed by atoms with Crippen molar-refractivity contribution in [2.45, 2.75) is 0 Å². The zero-order chi connectivity index (χ0) is 44.3. The van der Waals surface area contributed by atoms with Gasteiger partial charge in [-0.05, 0) is 161 Å². The first-order valence-corrected chi connectivity index (χ1v) is 21.3. The van der Waals surface area contributed by atoms with Crippen LogP contribution in [0, 0.1) is 35.5 Å². The van der Waals surface area contributed by atoms with E-state index in [-0.39, 0.29) is 0 Å². The largest absolute Gasteiger partial charge is 0.255 e. The van der Waals surface area contributed by atoms with Gasteiger partial charge in [-0.25, -0.2) is 0 Å². The lowest BCUT2D eigenvalue weighted by Gasteiger charge is -2.12. The summed E-state index contributed by atoms with van der Waals surface area (Å²) in [6.45, 7) is 0. The van der Waals surface area contributed by atoms with Gasteiger partial charge in [0, 0.05) is 70.6 Å². The second-order valence-corrected chi connectivity index (χ2v) is 15.2. The lowest BCUT2D eigenvalue weighted by molar-refractivity contribution is 1.24. The Balaban J connectivity index is 0.936. The van der Waals surface area contributed by atoms with E-state index in [0.29, 0.717) is 0 Å². The molecule has 0 bridgehead atoms. The number of nitrogens with zero attached hydrogens (tertiary/aromatic N) is 6. The first-order valence-electron chi connectivity index (χ1n) is 21.3. The van der Waals surface area contributed by atoms with Crippen LogP contribution < -0.4 is 0 Å². The molecule has 0 spiro atoms. The molecular formula is C60H36N6. The molecule has 0 radical (unpaired) electrons. The molecule has 6 heterocycles. The van der Waals surface area contributed by atoms with E-state index in [1.807, 2.05) is 91.0 Å². The molecule has 0 unspecified atom stereocenters. The molecule has 306 valence electrons. The zero-order valence-corrected chi connectivity index (χ0v) is 35.5. The predicted molar refractivity (Wildman–Crippen MR) is 263 cm³/mol. The maximum absolute atomic E-state index is 4.49. The van der Waals surface area contributed by atoms with Crippen molar-refractivity contribution in [3.05, 3.63) is 253 Å². The Morgan fingerprint density at radius 2 is 0.470 bits per heavy atom. The smallest absolute Gasteiger partial charge is 0.0898 e. The quantitative estimate of drug-likeness (QED) is 0.155. The number of hydrogen-bond donors (Lipinski definition) is 0. The van der Waals surface area contributed by atoms with Gasteiger partial charge in [0.2, 0.25) is 0 Å². The molecule has 0 aliphatic heterocycles. The van der Waals surface area contributed by atoms with E-state index in [4.69, 9.17) is 0 Å². The van der Waals surface area contributed by atoms with Crippen molar-refractivity contribution in [2.75, 3.05) is 0 Å². The average molecular weight is 841 g/mol. The van der Waals surface area contributed by atoms with Crippen LogP contribution in [0.2, 0.25) is 0 Å². The predicted octanol–water partition coefficient (Wildman–Crippen LogP) is 12.3. The molecular weight excluding hydrogens is 805 g/mol. The normalized spacial score (nSPS) is 10.4. The van der Waals surface area contributed by atoms with Gasteiger partial charge in [0.15, 0.2) is 0 Å². The molecule has 0 N–H and O–H groups in total. The fourth-order valence-electron chi connectivity index (χ4n) is 7.29. The zero-order valence-electron chi connectivity index (χ0n) is 35.5. The van der Waals surface area contributed by atoms with E-state index in [1.54, 1.807) is 37.2 Å². The van der Waals surface area contributed by atoms with Crippen molar-refractivity contribution in [3.8, 4) is 103 Å². The summed E-state index contributed by atoms with van der Waals surface area (Å²) in [6.07, 6.45) is 10.6. The monoisotopic (exact) mass is 840 g/mol. The topological polar surface area (TPSA) is 77.3 Å². The Morgan fingerprint density at radius 1 is 0.197 bits per heavy atom. The summed E-state index contributed by atoms with van der Waals surface area (Å²) in [4.78, 5) is 26.8. The third kappa shape index (κ3) is 9.89. The van der Waals surface area contributed by atoms with Gasteiger partial charge in [-0.1, -0.05) is 90.1 Å². The Hall–Kier alpha value is -9.54. The van der Waals surface area contributed by atoms with E-state index in [0.717, 1.165) is 101 Å². The highest BCUT2D eigenvalue weighted by molar-refractivity contribution is 5.82. The number of rotatable bonds is 6. The molecule has 66 heavy (non-hydrogen) atoms. The maximum Gasteiger partial charge on any atom is 0.0898 e. The molecule has 0 fully saturated rings. The molecule has 4 aromatic carbocycles. The highest BCUT2D eigenvalue weighted by Crippen LogP contribution is 2.33. The van der Waals surface area contributed by atoms with E-state index in [9.17, 15) is 0 Å². The fraction of sp³-hybridized carbons (Fsp3) is 0. The molecule has 0 saturated heterocycles. The summed E-state index contributed by atoms with van der Waals surface area (Å²) in [6, 6.07) is 61.0. The van der Waals surface area contributed by atoms with Gasteiger partial charge in [-0.15, -0.1) is 0 Å². The van der Waals surface area contributed by atoms with Crippen molar-refractivity contribution in [3.63, 3.8) is 0 Å². The summed E-state index contributed by atoms with van der Waals surface area (Å²) in [5.41, 5.74) is 16.7. The van der Waals surface area contributed by atoms with Crippen LogP contribution in [-0.4, -0.2) is 29.9 Å². The summed E-state index contributed by atoms with van der Waals surface area (Å²) in [5, 5.41) is 0. The second kappa shape index (κ2) is 19.2. The Kier molecular flexibility index (Phi) is 11.8. The van der Waals surface area contributed by atoms with Crippen molar-refractivity contribution < 1.29 is 0 Å². The second-order valence-electron chi connectivity index (χ2n) is 15.2. The van der Waals surface area contributed by atoms with Crippen molar-refractivity contribution >= 4 is 0 Å². The van der Waals surface area contributed by atoms with Crippen LogP contribution in [0.15, 0.2) is 219 Å². The molecule has 6 nitrogen and oxygen atoms in total. The van der Waals surface area contributed by atoms with Gasteiger partial charge >= 0.3 is 0 Å². The minimum absolute atomic E-state index is 0.791. The molecule has 0 amide bonds. The minimum Gasteiger partial charge on any atom is -0.255 e. The van der Waals surface area contributed by atoms with Crippen LogP contribution in [-0.2, 0) is 0 Å². The van der Waals surface area contributed by atoms with Crippen LogP contribution >= 0.6 is 0 Å². The van der Waals surface area contributed by atoms with Crippen LogP contribution in [0.5, 0.6) is 0 Å². The van der Waals surface area contributed by atoms with E-state index >= 15 is 0 Å². The van der Waals surface area contributed by atoms with Crippen LogP contribution in [0.25, 0.3) is 67.5 Å². The lowest BCUT2D eigenvalue weighted by Crippen LogP contribution is -1.88. The third-order valence-corrected chi connectivity index (χ3v) is 10.7. The fourth-order valence-corrected chi connectivity index (χ4v) is 7.29. The molecule has 10 rings (SSSR count). The van der Waals surface area contributed by atoms with E-state index < -0.39 is 0 Å². The Bertz CT molecular complexity index is 3110. The summed E-state index contributed by atoms with van der Waals surface area (Å²) in [7, 11) is 0. The minimum atomic E-state index is 0.791. The van der Waals surface area contributed by atoms with Crippen LogP contribution in [0.1, 0.15) is 33.4 Å². The highest BCUT2D eigenvalue weighted by atomic mass is 14.8. The first-order chi connectivity index (χ1) is 32.6. The average Bonchev–Trinajstić information content (AvgIpc) is 3.40. The van der Waals surface area contributed by atoms with Gasteiger partial charge in [0.05, 0.1) is 34.2 Å². The van der Waals surface area contributed by atoms with Gasteiger partial charge in [-0.2, -0.15) is 0 Å². The van der Waals surface area contributed by atoms with Gasteiger partial charge in [-0.3, -0.25) is 29.9 Å². The summed E-state index contributed by atoms with van der Waals surface area (Å²) < 4.78 is 0. The molecule has 0 aliphatic carbocycles. The van der Waals surface area contributed by atoms with Crippen LogP contribution in [0.4, 0.5) is 0 Å². The van der Waals surface area contributed by atoms with Gasteiger partial charge in [0.25, 0.3) is 0 Å². The maximum atomic E-state index is 4.49. The lowest BCUT2D eigenvalue weighted by atomic mass is 9.92. The van der Waals surface area contributed by atoms with Crippen molar-refractivity contribution in [1.29, 1.82) is 0 Å². The Morgan fingerprint density at radius 3 is 0.742 bits per heavy atom. The highest BCUT2D eigenvalue weighted by Gasteiger charge is 2.09. The Labute approximate surface area is 383 Å². The summed E-state index contributed by atoms with van der Waals surface area (Å²) in [5.74, 6) is 19.9. The van der Waals surface area contributed by atoms with E-state index in [1.165, 1.54) is 0 Å². The standard InChI is InChI=1S/C60H36N6/c1-4-31-61-55(7-1)58-37-46(28-34-64-58)13-10-43-16-22-49(23-17-43)52-40-53(50-24-18-44(19-25-50)11-14-47-29-35-65-59(38-47)56-8-2-5-32-62-56)42-54(41-52)51-26-20-45(21-27-51)12-15-48-30-36-66-60(39-48)57-9-3-6-33-63-57/h1-9,16-42H.